The van der Waals surface area contributed by atoms with E-state index >= 15 is 0 Å². The molecule has 2 heterocycles. The molecule has 1 atom stereocenters. The molecule has 7 heteroatoms. The first-order chi connectivity index (χ1) is 7.89. The van der Waals surface area contributed by atoms with Gasteiger partial charge in [-0.2, -0.15) is 5.10 Å². The van der Waals surface area contributed by atoms with Crippen LogP contribution in [0.3, 0.4) is 0 Å². The van der Waals surface area contributed by atoms with Crippen molar-refractivity contribution in [1.82, 2.24) is 9.78 Å². The predicted molar refractivity (Wildman–Crippen MR) is 67.6 cm³/mol. The number of aromatic nitrogens is 2. The third kappa shape index (κ3) is 2.54. The van der Waals surface area contributed by atoms with E-state index in [1.807, 2.05) is 14.0 Å². The number of rotatable bonds is 3. The van der Waals surface area contributed by atoms with Crippen molar-refractivity contribution in [3.05, 3.63) is 5.69 Å². The number of nitrogen functional groups attached to an aromatic ring is 1. The molecule has 1 saturated heterocycles. The second kappa shape index (κ2) is 4.21. The summed E-state index contributed by atoms with van der Waals surface area (Å²) in [5.74, 6) is 1.53. The molecule has 6 nitrogen and oxygen atoms in total. The molecule has 1 aromatic heterocycles. The highest BCUT2D eigenvalue weighted by Crippen LogP contribution is 2.23. The van der Waals surface area contributed by atoms with E-state index in [1.54, 1.807) is 4.68 Å². The molecule has 1 unspecified atom stereocenters. The maximum atomic E-state index is 11.3. The number of nitrogens with one attached hydrogen (secondary N) is 1. The van der Waals surface area contributed by atoms with Gasteiger partial charge < -0.3 is 11.1 Å². The average Bonchev–Trinajstić information content (AvgIpc) is 2.68. The van der Waals surface area contributed by atoms with Gasteiger partial charge in [0.05, 0.1) is 22.9 Å². The van der Waals surface area contributed by atoms with Crippen LogP contribution in [0.4, 0.5) is 11.5 Å². The minimum Gasteiger partial charge on any atom is -0.394 e. The number of sulfone groups is 1. The van der Waals surface area contributed by atoms with Crippen LogP contribution in [-0.4, -0.2) is 36.2 Å². The number of aryl methyl sites for hydroxylation is 2. The summed E-state index contributed by atoms with van der Waals surface area (Å²) in [6.45, 7) is 2.48. The second-order valence-corrected chi connectivity index (χ2v) is 6.85. The Balaban J connectivity index is 1.99. The fourth-order valence-electron chi connectivity index (χ4n) is 2.16. The molecule has 2 rings (SSSR count). The molecule has 0 aromatic carbocycles. The molecule has 0 amide bonds. The fraction of sp³-hybridized carbons (Fsp3) is 0.700. The van der Waals surface area contributed by atoms with Crippen LogP contribution in [-0.2, 0) is 16.9 Å². The number of hydrogen-bond acceptors (Lipinski definition) is 5. The summed E-state index contributed by atoms with van der Waals surface area (Å²) in [7, 11) is -0.992. The third-order valence-electron chi connectivity index (χ3n) is 3.15. The number of anilines is 2. The van der Waals surface area contributed by atoms with Crippen LogP contribution in [0.25, 0.3) is 0 Å². The molecule has 1 fully saturated rings. The zero-order valence-corrected chi connectivity index (χ0v) is 10.9. The van der Waals surface area contributed by atoms with Gasteiger partial charge in [-0.15, -0.1) is 0 Å². The molecule has 0 spiro atoms. The maximum absolute atomic E-state index is 11.3. The molecule has 0 radical (unpaired) electrons. The number of nitrogens with two attached hydrogens (primary N) is 1. The lowest BCUT2D eigenvalue weighted by atomic mass is 10.1. The quantitative estimate of drug-likeness (QED) is 0.806. The number of nitrogens with zero attached hydrogens (tertiary/aromatic N) is 2. The van der Waals surface area contributed by atoms with E-state index < -0.39 is 9.84 Å². The monoisotopic (exact) mass is 258 g/mol. The lowest BCUT2D eigenvalue weighted by Crippen LogP contribution is -2.17. The van der Waals surface area contributed by atoms with E-state index in [1.165, 1.54) is 0 Å². The first-order valence-electron chi connectivity index (χ1n) is 5.62. The Hall–Kier alpha value is -1.24. The molecule has 1 aromatic rings. The van der Waals surface area contributed by atoms with Gasteiger partial charge in [0.2, 0.25) is 0 Å². The van der Waals surface area contributed by atoms with Gasteiger partial charge in [0.1, 0.15) is 5.82 Å². The van der Waals surface area contributed by atoms with Crippen molar-refractivity contribution in [2.75, 3.05) is 29.1 Å². The van der Waals surface area contributed by atoms with Crippen molar-refractivity contribution >= 4 is 21.3 Å². The van der Waals surface area contributed by atoms with Gasteiger partial charge in [-0.25, -0.2) is 8.42 Å². The lowest BCUT2D eigenvalue weighted by Gasteiger charge is -2.11. The van der Waals surface area contributed by atoms with Gasteiger partial charge >= 0.3 is 0 Å². The highest BCUT2D eigenvalue weighted by atomic mass is 32.2. The van der Waals surface area contributed by atoms with Crippen LogP contribution in [0.1, 0.15) is 12.1 Å². The van der Waals surface area contributed by atoms with Gasteiger partial charge in [0.15, 0.2) is 9.84 Å². The molecule has 17 heavy (non-hydrogen) atoms. The van der Waals surface area contributed by atoms with Crippen molar-refractivity contribution in [3.8, 4) is 0 Å². The average molecular weight is 258 g/mol. The van der Waals surface area contributed by atoms with Crippen LogP contribution in [0.5, 0.6) is 0 Å². The van der Waals surface area contributed by atoms with Crippen LogP contribution >= 0.6 is 0 Å². The third-order valence-corrected chi connectivity index (χ3v) is 4.99. The van der Waals surface area contributed by atoms with Crippen molar-refractivity contribution in [3.63, 3.8) is 0 Å². The highest BCUT2D eigenvalue weighted by molar-refractivity contribution is 7.91. The van der Waals surface area contributed by atoms with E-state index in [2.05, 4.69) is 10.4 Å². The Morgan fingerprint density at radius 3 is 2.76 bits per heavy atom. The van der Waals surface area contributed by atoms with Crippen molar-refractivity contribution in [2.45, 2.75) is 13.3 Å². The summed E-state index contributed by atoms with van der Waals surface area (Å²) in [5.41, 5.74) is 7.30. The summed E-state index contributed by atoms with van der Waals surface area (Å²) in [6, 6.07) is 0. The van der Waals surface area contributed by atoms with Crippen LogP contribution < -0.4 is 11.1 Å². The Morgan fingerprint density at radius 2 is 2.29 bits per heavy atom. The molecule has 0 aliphatic carbocycles. The van der Waals surface area contributed by atoms with Gasteiger partial charge in [0.25, 0.3) is 0 Å². The van der Waals surface area contributed by atoms with Gasteiger partial charge in [-0.05, 0) is 19.3 Å². The van der Waals surface area contributed by atoms with Crippen molar-refractivity contribution in [2.24, 2.45) is 13.0 Å². The Bertz CT molecular complexity index is 521. The van der Waals surface area contributed by atoms with Crippen LogP contribution in [0, 0.1) is 12.8 Å². The zero-order valence-electron chi connectivity index (χ0n) is 10.1. The standard InChI is InChI=1S/C10H18N4O2S/c1-7-9(11)10(14(2)13-7)12-5-8-3-4-17(15,16)6-8/h8,12H,3-6,11H2,1-2H3. The smallest absolute Gasteiger partial charge is 0.150 e. The van der Waals surface area contributed by atoms with Gasteiger partial charge in [0, 0.05) is 13.6 Å². The SMILES string of the molecule is Cc1nn(C)c(NCC2CCS(=O)(=O)C2)c1N. The summed E-state index contributed by atoms with van der Waals surface area (Å²) < 4.78 is 24.3. The topological polar surface area (TPSA) is 90.0 Å². The van der Waals surface area contributed by atoms with E-state index in [0.717, 1.165) is 17.9 Å². The first-order valence-corrected chi connectivity index (χ1v) is 7.44. The Kier molecular flexibility index (Phi) is 3.03. The molecule has 96 valence electrons. The molecule has 1 aliphatic heterocycles. The summed E-state index contributed by atoms with van der Waals surface area (Å²) in [4.78, 5) is 0. The lowest BCUT2D eigenvalue weighted by molar-refractivity contribution is 0.595. The van der Waals surface area contributed by atoms with Crippen LogP contribution in [0.15, 0.2) is 0 Å². The maximum Gasteiger partial charge on any atom is 0.150 e. The minimum atomic E-state index is -2.81. The first kappa shape index (κ1) is 12.2. The zero-order chi connectivity index (χ0) is 12.6. The summed E-state index contributed by atoms with van der Waals surface area (Å²) in [6.07, 6.45) is 0.728. The van der Waals surface area contributed by atoms with Crippen molar-refractivity contribution < 1.29 is 8.42 Å². The van der Waals surface area contributed by atoms with Gasteiger partial charge in [-0.1, -0.05) is 0 Å². The van der Waals surface area contributed by atoms with Gasteiger partial charge in [-0.3, -0.25) is 4.68 Å². The number of hydrogen-bond donors (Lipinski definition) is 2. The second-order valence-electron chi connectivity index (χ2n) is 4.62. The normalized spacial score (nSPS) is 22.8. The molecular weight excluding hydrogens is 240 g/mol. The Labute approximate surface area is 101 Å². The fourth-order valence-corrected chi connectivity index (χ4v) is 4.02. The Morgan fingerprint density at radius 1 is 1.59 bits per heavy atom. The largest absolute Gasteiger partial charge is 0.394 e. The van der Waals surface area contributed by atoms with E-state index in [0.29, 0.717) is 18.0 Å². The molecule has 0 saturated carbocycles. The van der Waals surface area contributed by atoms with Crippen LogP contribution in [0.2, 0.25) is 0 Å². The summed E-state index contributed by atoms with van der Waals surface area (Å²) >= 11 is 0. The van der Waals surface area contributed by atoms with E-state index in [9.17, 15) is 8.42 Å². The van der Waals surface area contributed by atoms with E-state index in [4.69, 9.17) is 5.73 Å². The summed E-state index contributed by atoms with van der Waals surface area (Å²) in [5, 5.41) is 7.39. The molecule has 1 aliphatic rings. The molecular formula is C10H18N4O2S. The minimum absolute atomic E-state index is 0.176. The van der Waals surface area contributed by atoms with E-state index in [-0.39, 0.29) is 11.7 Å². The van der Waals surface area contributed by atoms with Crippen molar-refractivity contribution in [1.29, 1.82) is 0 Å². The molecule has 0 bridgehead atoms. The molecule has 3 N–H and O–H groups in total. The highest BCUT2D eigenvalue weighted by Gasteiger charge is 2.27. The predicted octanol–water partition coefficient (Wildman–Crippen LogP) is 0.157.